The van der Waals surface area contributed by atoms with E-state index in [2.05, 4.69) is 27.7 Å². The summed E-state index contributed by atoms with van der Waals surface area (Å²) in [5.41, 5.74) is -1.85. The molecule has 158 valence electrons. The van der Waals surface area contributed by atoms with Gasteiger partial charge in [0.15, 0.2) is 6.29 Å². The second-order valence-electron chi connectivity index (χ2n) is 10.6. The molecule has 7 unspecified atom stereocenters. The molecule has 3 aliphatic heterocycles. The van der Waals surface area contributed by atoms with E-state index in [4.69, 9.17) is 18.9 Å². The molecule has 0 aromatic heterocycles. The summed E-state index contributed by atoms with van der Waals surface area (Å²) in [5.74, 6) is -0.498. The lowest BCUT2D eigenvalue weighted by Gasteiger charge is -2.47. The lowest BCUT2D eigenvalue weighted by atomic mass is 9.54. The number of carbonyl (C=O) groups is 1. The van der Waals surface area contributed by atoms with Crippen molar-refractivity contribution in [3.63, 3.8) is 0 Å². The van der Waals surface area contributed by atoms with Crippen LogP contribution in [0.5, 0.6) is 0 Å². The second kappa shape index (κ2) is 5.70. The summed E-state index contributed by atoms with van der Waals surface area (Å²) in [6, 6.07) is 0. The highest BCUT2D eigenvalue weighted by molar-refractivity contribution is 5.66. The minimum Gasteiger partial charge on any atom is -0.459 e. The number of rotatable bonds is 1. The predicted octanol–water partition coefficient (Wildman–Crippen LogP) is 1.10. The van der Waals surface area contributed by atoms with Crippen LogP contribution in [0.2, 0.25) is 0 Å². The van der Waals surface area contributed by atoms with E-state index in [1.807, 2.05) is 0 Å². The highest BCUT2D eigenvalue weighted by Crippen LogP contribution is 2.78. The van der Waals surface area contributed by atoms with Crippen LogP contribution in [-0.4, -0.2) is 66.2 Å². The Morgan fingerprint density at radius 2 is 1.93 bits per heavy atom. The third kappa shape index (κ3) is 1.91. The number of hydrogen-bond acceptors (Lipinski definition) is 7. The van der Waals surface area contributed by atoms with Gasteiger partial charge in [-0.05, 0) is 17.8 Å². The van der Waals surface area contributed by atoms with Crippen LogP contribution >= 0.6 is 0 Å². The third-order valence-corrected chi connectivity index (χ3v) is 8.39. The molecule has 11 atom stereocenters. The molecule has 0 aromatic rings. The van der Waals surface area contributed by atoms with Crippen LogP contribution in [0.15, 0.2) is 0 Å². The molecule has 2 saturated carbocycles. The van der Waals surface area contributed by atoms with Gasteiger partial charge >= 0.3 is 5.97 Å². The molecule has 2 aliphatic carbocycles. The van der Waals surface area contributed by atoms with Gasteiger partial charge in [0.25, 0.3) is 0 Å². The van der Waals surface area contributed by atoms with Crippen LogP contribution < -0.4 is 0 Å². The van der Waals surface area contributed by atoms with E-state index in [-0.39, 0.29) is 35.4 Å². The van der Waals surface area contributed by atoms with Gasteiger partial charge in [0.05, 0.1) is 43.0 Å². The normalized spacial score (nSPS) is 57.0. The van der Waals surface area contributed by atoms with Crippen LogP contribution in [0, 0.1) is 34.0 Å². The topological polar surface area (TPSA) is 94.5 Å². The van der Waals surface area contributed by atoms with Crippen LogP contribution in [0.25, 0.3) is 0 Å². The van der Waals surface area contributed by atoms with Gasteiger partial charge in [-0.2, -0.15) is 0 Å². The van der Waals surface area contributed by atoms with Gasteiger partial charge < -0.3 is 29.2 Å². The van der Waals surface area contributed by atoms with Gasteiger partial charge in [-0.1, -0.05) is 27.7 Å². The first-order valence-electron chi connectivity index (χ1n) is 10.5. The number of fused-ring (bicyclic) bond motifs is 2. The maximum Gasteiger partial charge on any atom is 0.303 e. The fourth-order valence-corrected chi connectivity index (χ4v) is 7.96. The van der Waals surface area contributed by atoms with Gasteiger partial charge in [0, 0.05) is 24.2 Å². The van der Waals surface area contributed by atoms with Crippen LogP contribution in [0.3, 0.4) is 0 Å². The van der Waals surface area contributed by atoms with Crippen molar-refractivity contribution in [1.29, 1.82) is 0 Å². The van der Waals surface area contributed by atoms with E-state index in [0.29, 0.717) is 19.6 Å². The summed E-state index contributed by atoms with van der Waals surface area (Å²) in [7, 11) is 0. The van der Waals surface area contributed by atoms with Crippen molar-refractivity contribution in [1.82, 2.24) is 0 Å². The summed E-state index contributed by atoms with van der Waals surface area (Å²) < 4.78 is 24.4. The molecule has 7 heteroatoms. The first-order chi connectivity index (χ1) is 13.1. The van der Waals surface area contributed by atoms with Crippen molar-refractivity contribution >= 4 is 5.97 Å². The number of ether oxygens (including phenoxy) is 4. The Bertz CT molecular complexity index is 689. The Balaban J connectivity index is 1.75. The molecule has 2 N–H and O–H groups in total. The predicted molar refractivity (Wildman–Crippen MR) is 97.0 cm³/mol. The average molecular weight is 396 g/mol. The fourth-order valence-electron chi connectivity index (χ4n) is 7.96. The molecule has 0 amide bonds. The lowest BCUT2D eigenvalue weighted by Crippen LogP contribution is -2.57. The van der Waals surface area contributed by atoms with Gasteiger partial charge in [0.2, 0.25) is 0 Å². The smallest absolute Gasteiger partial charge is 0.303 e. The average Bonchev–Trinajstić information content (AvgIpc) is 3.28. The first kappa shape index (κ1) is 19.2. The highest BCUT2D eigenvalue weighted by Gasteiger charge is 2.88. The minimum atomic E-state index is -0.929. The number of aliphatic hydroxyl groups is 2. The van der Waals surface area contributed by atoms with Gasteiger partial charge in [-0.3, -0.25) is 4.79 Å². The molecule has 28 heavy (non-hydrogen) atoms. The van der Waals surface area contributed by atoms with E-state index in [1.165, 1.54) is 6.92 Å². The van der Waals surface area contributed by atoms with Crippen molar-refractivity contribution in [2.24, 2.45) is 34.0 Å². The zero-order valence-electron chi connectivity index (χ0n) is 17.3. The van der Waals surface area contributed by atoms with Crippen molar-refractivity contribution in [3.05, 3.63) is 0 Å². The van der Waals surface area contributed by atoms with Crippen molar-refractivity contribution in [3.8, 4) is 0 Å². The number of hydrogen-bond donors (Lipinski definition) is 2. The molecule has 5 fully saturated rings. The van der Waals surface area contributed by atoms with Gasteiger partial charge in [-0.25, -0.2) is 0 Å². The molecule has 3 saturated heterocycles. The van der Waals surface area contributed by atoms with Gasteiger partial charge in [-0.15, -0.1) is 0 Å². The summed E-state index contributed by atoms with van der Waals surface area (Å²) >= 11 is 0. The zero-order chi connectivity index (χ0) is 20.2. The Labute approximate surface area is 165 Å². The maximum absolute atomic E-state index is 12.1. The molecule has 2 spiro atoms. The third-order valence-electron chi connectivity index (χ3n) is 8.39. The number of aliphatic hydroxyl groups excluding tert-OH is 2. The molecule has 7 nitrogen and oxygen atoms in total. The van der Waals surface area contributed by atoms with Crippen LogP contribution in [0.4, 0.5) is 0 Å². The SMILES string of the molecule is CC(=O)OC1[C@H](O)[C@@H](C(C)(C)C)C23CCOC2OC2C4C(OC[C@H]4C)[C@H](O)C213. The van der Waals surface area contributed by atoms with E-state index in [0.717, 1.165) is 0 Å². The van der Waals surface area contributed by atoms with Gasteiger partial charge in [0.1, 0.15) is 6.10 Å². The van der Waals surface area contributed by atoms with Crippen LogP contribution in [0.1, 0.15) is 41.0 Å². The molecule has 0 aromatic carbocycles. The Morgan fingerprint density at radius 3 is 2.57 bits per heavy atom. The van der Waals surface area contributed by atoms with E-state index in [1.54, 1.807) is 0 Å². The van der Waals surface area contributed by atoms with Crippen molar-refractivity contribution in [2.75, 3.05) is 13.2 Å². The molecular weight excluding hydrogens is 364 g/mol. The Kier molecular flexibility index (Phi) is 3.92. The summed E-state index contributed by atoms with van der Waals surface area (Å²) in [4.78, 5) is 12.1. The lowest BCUT2D eigenvalue weighted by molar-refractivity contribution is -0.181. The second-order valence-corrected chi connectivity index (χ2v) is 10.6. The van der Waals surface area contributed by atoms with E-state index in [9.17, 15) is 15.0 Å². The van der Waals surface area contributed by atoms with Crippen LogP contribution in [-0.2, 0) is 23.7 Å². The molecule has 5 rings (SSSR count). The molecule has 0 radical (unpaired) electrons. The number of carbonyl (C=O) groups excluding carboxylic acids is 1. The van der Waals surface area contributed by atoms with Crippen molar-refractivity contribution < 1.29 is 34.0 Å². The maximum atomic E-state index is 12.1. The van der Waals surface area contributed by atoms with E-state index >= 15 is 0 Å². The molecule has 3 heterocycles. The molecule has 5 aliphatic rings. The van der Waals surface area contributed by atoms with E-state index < -0.39 is 41.4 Å². The first-order valence-corrected chi connectivity index (χ1v) is 10.5. The zero-order valence-corrected chi connectivity index (χ0v) is 17.3. The summed E-state index contributed by atoms with van der Waals surface area (Å²) in [6.07, 6.45) is -3.23. The largest absolute Gasteiger partial charge is 0.459 e. The monoisotopic (exact) mass is 396 g/mol. The Hall–Kier alpha value is -0.730. The Morgan fingerprint density at radius 1 is 1.21 bits per heavy atom. The summed E-state index contributed by atoms with van der Waals surface area (Å²) in [5, 5.41) is 23.2. The summed E-state index contributed by atoms with van der Waals surface area (Å²) in [6.45, 7) is 10.8. The quantitative estimate of drug-likeness (QED) is 0.641. The molecule has 0 bridgehead atoms. The number of esters is 1. The fraction of sp³-hybridized carbons (Fsp3) is 0.952. The van der Waals surface area contributed by atoms with Crippen molar-refractivity contribution in [2.45, 2.75) is 77.8 Å². The highest BCUT2D eigenvalue weighted by atomic mass is 16.7. The standard InChI is InChI=1S/C21H32O7/c1-9-8-26-13-11(9)16-21(15(13)24)17(27-10(2)22)12(23)14(19(3,4)5)20(21)6-7-25-18(20)28-16/h9,11-18,23-24H,6-8H2,1-5H3/t9-,11?,12-,13?,14+,15+,16?,17?,18?,20?,21?/m1/s1. The minimum absolute atomic E-state index is 0.00921. The molecular formula is C21H32O7.